The van der Waals surface area contributed by atoms with Gasteiger partial charge in [-0.15, -0.1) is 0 Å². The minimum atomic E-state index is -0.193. The van der Waals surface area contributed by atoms with Crippen molar-refractivity contribution in [2.45, 2.75) is 38.6 Å². The average Bonchev–Trinajstić information content (AvgIpc) is 2.97. The number of carbonyl (C=O) groups excluding carboxylic acids is 2. The molecule has 2 aromatic carbocycles. The van der Waals surface area contributed by atoms with Crippen molar-refractivity contribution in [1.82, 2.24) is 10.2 Å². The molecule has 2 N–H and O–H groups in total. The van der Waals surface area contributed by atoms with E-state index in [4.69, 9.17) is 0 Å². The zero-order valence-electron chi connectivity index (χ0n) is 16.5. The Bertz CT molecular complexity index is 783. The fourth-order valence-electron chi connectivity index (χ4n) is 3.58. The van der Waals surface area contributed by atoms with Gasteiger partial charge in [-0.1, -0.05) is 55.3 Å². The highest BCUT2D eigenvalue weighted by Crippen LogP contribution is 2.18. The van der Waals surface area contributed by atoms with Gasteiger partial charge in [-0.2, -0.15) is 0 Å². The smallest absolute Gasteiger partial charge is 0.253 e. The van der Waals surface area contributed by atoms with E-state index in [1.165, 1.54) is 12.8 Å². The number of nitrogens with one attached hydrogen (secondary N) is 2. The summed E-state index contributed by atoms with van der Waals surface area (Å²) in [7, 11) is 0. The van der Waals surface area contributed by atoms with Gasteiger partial charge in [0.2, 0.25) is 5.91 Å². The fraction of sp³-hybridized carbons (Fsp3) is 0.391. The predicted molar refractivity (Wildman–Crippen MR) is 112 cm³/mol. The van der Waals surface area contributed by atoms with E-state index in [0.29, 0.717) is 17.8 Å². The number of likely N-dealkylation sites (tertiary alicyclic amines) is 1. The molecule has 1 unspecified atom stereocenters. The predicted octanol–water partition coefficient (Wildman–Crippen LogP) is 3.99. The maximum absolute atomic E-state index is 12.8. The van der Waals surface area contributed by atoms with Crippen LogP contribution in [0.1, 0.15) is 54.6 Å². The monoisotopic (exact) mass is 379 g/mol. The van der Waals surface area contributed by atoms with Crippen molar-refractivity contribution < 1.29 is 9.59 Å². The Balaban J connectivity index is 1.63. The molecule has 1 heterocycles. The first-order valence-corrected chi connectivity index (χ1v) is 10.1. The van der Waals surface area contributed by atoms with Crippen LogP contribution in [0, 0.1) is 0 Å². The summed E-state index contributed by atoms with van der Waals surface area (Å²) in [4.78, 5) is 27.5. The standard InChI is InChI=1S/C23H29N3O2/c1-18(19-11-5-4-6-12-19)24-23(28)20-13-7-8-14-21(20)25-22(27)17-26-15-9-2-3-10-16-26/h4-8,11-14,18H,2-3,9-10,15-17H2,1H3,(H,24,28)(H,25,27). The molecule has 28 heavy (non-hydrogen) atoms. The number of amides is 2. The number of hydrogen-bond acceptors (Lipinski definition) is 3. The van der Waals surface area contributed by atoms with Gasteiger partial charge in [0.1, 0.15) is 0 Å². The average molecular weight is 380 g/mol. The summed E-state index contributed by atoms with van der Waals surface area (Å²) in [6, 6.07) is 16.9. The van der Waals surface area contributed by atoms with E-state index >= 15 is 0 Å². The van der Waals surface area contributed by atoms with Crippen molar-refractivity contribution in [2.75, 3.05) is 25.0 Å². The summed E-state index contributed by atoms with van der Waals surface area (Å²) in [5.41, 5.74) is 2.08. The van der Waals surface area contributed by atoms with E-state index in [9.17, 15) is 9.59 Å². The molecular weight excluding hydrogens is 350 g/mol. The molecule has 0 spiro atoms. The van der Waals surface area contributed by atoms with Gasteiger partial charge >= 0.3 is 0 Å². The van der Waals surface area contributed by atoms with Crippen LogP contribution in [-0.2, 0) is 4.79 Å². The first kappa shape index (κ1) is 20.1. The maximum Gasteiger partial charge on any atom is 0.253 e. The zero-order chi connectivity index (χ0) is 19.8. The largest absolute Gasteiger partial charge is 0.345 e. The number of nitrogens with zero attached hydrogens (tertiary/aromatic N) is 1. The van der Waals surface area contributed by atoms with E-state index in [1.54, 1.807) is 12.1 Å². The van der Waals surface area contributed by atoms with Crippen LogP contribution in [0.4, 0.5) is 5.69 Å². The second-order valence-electron chi connectivity index (χ2n) is 7.39. The van der Waals surface area contributed by atoms with Crippen LogP contribution in [0.25, 0.3) is 0 Å². The molecule has 2 amide bonds. The quantitative estimate of drug-likeness (QED) is 0.798. The van der Waals surface area contributed by atoms with Crippen LogP contribution in [-0.4, -0.2) is 36.3 Å². The minimum Gasteiger partial charge on any atom is -0.345 e. The highest BCUT2D eigenvalue weighted by molar-refractivity contribution is 6.04. The zero-order valence-corrected chi connectivity index (χ0v) is 16.5. The van der Waals surface area contributed by atoms with Gasteiger partial charge < -0.3 is 10.6 Å². The highest BCUT2D eigenvalue weighted by atomic mass is 16.2. The van der Waals surface area contributed by atoms with Gasteiger partial charge in [0.15, 0.2) is 0 Å². The SMILES string of the molecule is CC(NC(=O)c1ccccc1NC(=O)CN1CCCCCC1)c1ccccc1. The first-order valence-electron chi connectivity index (χ1n) is 10.1. The number of rotatable bonds is 6. The highest BCUT2D eigenvalue weighted by Gasteiger charge is 2.17. The fourth-order valence-corrected chi connectivity index (χ4v) is 3.58. The lowest BCUT2D eigenvalue weighted by Crippen LogP contribution is -2.34. The van der Waals surface area contributed by atoms with Gasteiger partial charge in [0, 0.05) is 0 Å². The third kappa shape index (κ3) is 5.67. The van der Waals surface area contributed by atoms with E-state index in [2.05, 4.69) is 15.5 Å². The lowest BCUT2D eigenvalue weighted by atomic mass is 10.1. The first-order chi connectivity index (χ1) is 13.6. The number of para-hydroxylation sites is 1. The van der Waals surface area contributed by atoms with Gasteiger partial charge in [-0.25, -0.2) is 0 Å². The van der Waals surface area contributed by atoms with E-state index in [1.807, 2.05) is 49.4 Å². The van der Waals surface area contributed by atoms with Gasteiger partial charge in [-0.3, -0.25) is 14.5 Å². The van der Waals surface area contributed by atoms with Crippen molar-refractivity contribution in [3.8, 4) is 0 Å². The Kier molecular flexibility index (Phi) is 7.20. The molecule has 1 atom stereocenters. The van der Waals surface area contributed by atoms with Crippen molar-refractivity contribution in [1.29, 1.82) is 0 Å². The molecular formula is C23H29N3O2. The molecule has 0 aliphatic carbocycles. The number of hydrogen-bond donors (Lipinski definition) is 2. The third-order valence-electron chi connectivity index (χ3n) is 5.16. The minimum absolute atomic E-state index is 0.0711. The Hall–Kier alpha value is -2.66. The van der Waals surface area contributed by atoms with Crippen LogP contribution in [0.3, 0.4) is 0 Å². The summed E-state index contributed by atoms with van der Waals surface area (Å²) in [5, 5.41) is 5.95. The number of benzene rings is 2. The Morgan fingerprint density at radius 1 is 0.929 bits per heavy atom. The molecule has 1 aliphatic heterocycles. The van der Waals surface area contributed by atoms with Gasteiger partial charge in [0.25, 0.3) is 5.91 Å². The Morgan fingerprint density at radius 2 is 1.57 bits per heavy atom. The summed E-state index contributed by atoms with van der Waals surface area (Å²) >= 11 is 0. The molecule has 1 saturated heterocycles. The lowest BCUT2D eigenvalue weighted by Gasteiger charge is -2.20. The molecule has 3 rings (SSSR count). The number of carbonyl (C=O) groups is 2. The molecule has 1 aliphatic rings. The van der Waals surface area contributed by atoms with Crippen molar-refractivity contribution >= 4 is 17.5 Å². The van der Waals surface area contributed by atoms with E-state index in [0.717, 1.165) is 31.5 Å². The molecule has 1 fully saturated rings. The second-order valence-corrected chi connectivity index (χ2v) is 7.39. The van der Waals surface area contributed by atoms with Crippen LogP contribution in [0.15, 0.2) is 54.6 Å². The van der Waals surface area contributed by atoms with Crippen LogP contribution in [0.5, 0.6) is 0 Å². The van der Waals surface area contributed by atoms with Crippen molar-refractivity contribution in [3.05, 3.63) is 65.7 Å². The molecule has 2 aromatic rings. The Morgan fingerprint density at radius 3 is 2.29 bits per heavy atom. The summed E-state index contributed by atoms with van der Waals surface area (Å²) < 4.78 is 0. The molecule has 0 radical (unpaired) electrons. The van der Waals surface area contributed by atoms with Gasteiger partial charge in [-0.05, 0) is 50.6 Å². The van der Waals surface area contributed by atoms with Gasteiger partial charge in [0.05, 0.1) is 23.8 Å². The molecule has 148 valence electrons. The summed E-state index contributed by atoms with van der Waals surface area (Å²) in [6.07, 6.45) is 4.76. The second kappa shape index (κ2) is 10.0. The third-order valence-corrected chi connectivity index (χ3v) is 5.16. The molecule has 0 saturated carbocycles. The molecule has 0 bridgehead atoms. The summed E-state index contributed by atoms with van der Waals surface area (Å²) in [6.45, 7) is 4.25. The Labute approximate surface area is 167 Å². The number of anilines is 1. The van der Waals surface area contributed by atoms with E-state index in [-0.39, 0.29) is 17.9 Å². The molecule has 5 nitrogen and oxygen atoms in total. The molecule has 5 heteroatoms. The van der Waals surface area contributed by atoms with Crippen LogP contribution >= 0.6 is 0 Å². The maximum atomic E-state index is 12.8. The lowest BCUT2D eigenvalue weighted by molar-refractivity contribution is -0.117. The van der Waals surface area contributed by atoms with Crippen molar-refractivity contribution in [3.63, 3.8) is 0 Å². The topological polar surface area (TPSA) is 61.4 Å². The van der Waals surface area contributed by atoms with E-state index < -0.39 is 0 Å². The van der Waals surface area contributed by atoms with Crippen molar-refractivity contribution in [2.24, 2.45) is 0 Å². The summed E-state index contributed by atoms with van der Waals surface area (Å²) in [5.74, 6) is -0.264. The normalized spacial score (nSPS) is 16.0. The molecule has 0 aromatic heterocycles. The van der Waals surface area contributed by atoms with Crippen LogP contribution < -0.4 is 10.6 Å². The van der Waals surface area contributed by atoms with Crippen LogP contribution in [0.2, 0.25) is 0 Å².